The molecule has 1 amide bonds. The van der Waals surface area contributed by atoms with E-state index in [1.165, 1.54) is 12.8 Å². The van der Waals surface area contributed by atoms with Crippen LogP contribution in [0.2, 0.25) is 0 Å². The molecule has 1 spiro atoms. The zero-order chi connectivity index (χ0) is 9.31. The Morgan fingerprint density at radius 2 is 2.31 bits per heavy atom. The number of piperazine rings is 1. The van der Waals surface area contributed by atoms with E-state index in [9.17, 15) is 4.79 Å². The van der Waals surface area contributed by atoms with Crippen molar-refractivity contribution in [1.82, 2.24) is 10.2 Å². The second-order valence-corrected chi connectivity index (χ2v) is 4.20. The molecule has 2 fully saturated rings. The van der Waals surface area contributed by atoms with Crippen LogP contribution in [0.4, 0.5) is 0 Å². The number of hydrogen-bond acceptors (Lipinski definition) is 2. The van der Waals surface area contributed by atoms with Crippen LogP contribution in [0.5, 0.6) is 0 Å². The molecule has 1 N–H and O–H groups in total. The maximum absolute atomic E-state index is 11.8. The van der Waals surface area contributed by atoms with Crippen LogP contribution in [-0.4, -0.2) is 36.0 Å². The van der Waals surface area contributed by atoms with Crippen molar-refractivity contribution in [3.8, 4) is 0 Å². The number of carbonyl (C=O) groups is 1. The Kier molecular flexibility index (Phi) is 2.28. The van der Waals surface area contributed by atoms with Crippen LogP contribution >= 0.6 is 0 Å². The fourth-order valence-electron chi connectivity index (χ4n) is 2.17. The molecule has 74 valence electrons. The van der Waals surface area contributed by atoms with Gasteiger partial charge < -0.3 is 10.2 Å². The van der Waals surface area contributed by atoms with E-state index in [4.69, 9.17) is 0 Å². The standard InChI is InChI=1S/C10H18N2O/c1-2-3-9(13)12-7-6-11-8-10(12)4-5-10/h11H,2-8H2,1H3. The predicted molar refractivity (Wildman–Crippen MR) is 51.5 cm³/mol. The highest BCUT2D eigenvalue weighted by Crippen LogP contribution is 2.42. The van der Waals surface area contributed by atoms with Crippen molar-refractivity contribution < 1.29 is 4.79 Å². The van der Waals surface area contributed by atoms with Gasteiger partial charge in [-0.1, -0.05) is 6.92 Å². The van der Waals surface area contributed by atoms with Crippen molar-refractivity contribution in [2.75, 3.05) is 19.6 Å². The molecule has 0 bridgehead atoms. The summed E-state index contributed by atoms with van der Waals surface area (Å²) >= 11 is 0. The van der Waals surface area contributed by atoms with E-state index in [-0.39, 0.29) is 5.54 Å². The molecule has 0 aromatic rings. The lowest BCUT2D eigenvalue weighted by Crippen LogP contribution is -2.55. The molecular formula is C10H18N2O. The minimum absolute atomic E-state index is 0.241. The van der Waals surface area contributed by atoms with Gasteiger partial charge in [0.2, 0.25) is 5.91 Å². The summed E-state index contributed by atoms with van der Waals surface area (Å²) in [4.78, 5) is 13.9. The van der Waals surface area contributed by atoms with Crippen LogP contribution in [0, 0.1) is 0 Å². The third kappa shape index (κ3) is 1.57. The number of nitrogens with zero attached hydrogens (tertiary/aromatic N) is 1. The molecule has 0 atom stereocenters. The summed E-state index contributed by atoms with van der Waals surface area (Å²) in [6, 6.07) is 0. The molecule has 0 radical (unpaired) electrons. The van der Waals surface area contributed by atoms with Gasteiger partial charge in [0.05, 0.1) is 5.54 Å². The minimum Gasteiger partial charge on any atom is -0.334 e. The lowest BCUT2D eigenvalue weighted by atomic mass is 10.1. The highest BCUT2D eigenvalue weighted by atomic mass is 16.2. The van der Waals surface area contributed by atoms with Crippen LogP contribution in [0.15, 0.2) is 0 Å². The van der Waals surface area contributed by atoms with Gasteiger partial charge in [-0.25, -0.2) is 0 Å². The molecule has 1 aliphatic heterocycles. The highest BCUT2D eigenvalue weighted by Gasteiger charge is 2.50. The Labute approximate surface area is 79.5 Å². The van der Waals surface area contributed by atoms with Gasteiger partial charge in [-0.05, 0) is 19.3 Å². The fourth-order valence-corrected chi connectivity index (χ4v) is 2.17. The zero-order valence-corrected chi connectivity index (χ0v) is 8.31. The maximum Gasteiger partial charge on any atom is 0.223 e. The molecule has 13 heavy (non-hydrogen) atoms. The molecule has 0 aromatic heterocycles. The molecule has 3 nitrogen and oxygen atoms in total. The lowest BCUT2D eigenvalue weighted by Gasteiger charge is -2.36. The molecule has 1 saturated carbocycles. The number of rotatable bonds is 2. The summed E-state index contributed by atoms with van der Waals surface area (Å²) in [5.41, 5.74) is 0.241. The minimum atomic E-state index is 0.241. The van der Waals surface area contributed by atoms with E-state index >= 15 is 0 Å². The van der Waals surface area contributed by atoms with Crippen molar-refractivity contribution >= 4 is 5.91 Å². The number of amides is 1. The zero-order valence-electron chi connectivity index (χ0n) is 8.31. The van der Waals surface area contributed by atoms with Crippen LogP contribution < -0.4 is 5.32 Å². The normalized spacial score (nSPS) is 24.8. The van der Waals surface area contributed by atoms with E-state index < -0.39 is 0 Å². The van der Waals surface area contributed by atoms with Gasteiger partial charge in [0, 0.05) is 26.1 Å². The van der Waals surface area contributed by atoms with Crippen molar-refractivity contribution in [1.29, 1.82) is 0 Å². The molecule has 1 heterocycles. The first kappa shape index (κ1) is 9.00. The Hall–Kier alpha value is -0.570. The Morgan fingerprint density at radius 3 is 2.92 bits per heavy atom. The van der Waals surface area contributed by atoms with Gasteiger partial charge in [0.1, 0.15) is 0 Å². The van der Waals surface area contributed by atoms with Crippen LogP contribution in [0.3, 0.4) is 0 Å². The van der Waals surface area contributed by atoms with E-state index in [1.54, 1.807) is 0 Å². The predicted octanol–water partition coefficient (Wildman–Crippen LogP) is 0.751. The van der Waals surface area contributed by atoms with Gasteiger partial charge >= 0.3 is 0 Å². The van der Waals surface area contributed by atoms with E-state index in [2.05, 4.69) is 17.1 Å². The first-order valence-corrected chi connectivity index (χ1v) is 5.30. The summed E-state index contributed by atoms with van der Waals surface area (Å²) in [5.74, 6) is 0.363. The van der Waals surface area contributed by atoms with Crippen molar-refractivity contribution in [3.05, 3.63) is 0 Å². The Bertz CT molecular complexity index is 211. The molecule has 3 heteroatoms. The molecular weight excluding hydrogens is 164 g/mol. The van der Waals surface area contributed by atoms with Gasteiger partial charge in [-0.15, -0.1) is 0 Å². The second kappa shape index (κ2) is 3.29. The summed E-state index contributed by atoms with van der Waals surface area (Å²) in [6.45, 7) is 4.97. The largest absolute Gasteiger partial charge is 0.334 e. The number of carbonyl (C=O) groups excluding carboxylic acids is 1. The average molecular weight is 182 g/mol. The maximum atomic E-state index is 11.8. The van der Waals surface area contributed by atoms with Gasteiger partial charge in [-0.3, -0.25) is 4.79 Å². The van der Waals surface area contributed by atoms with Crippen molar-refractivity contribution in [2.24, 2.45) is 0 Å². The molecule has 0 unspecified atom stereocenters. The SMILES string of the molecule is CCCC(=O)N1CCNCC12CC2. The Balaban J connectivity index is 1.99. The second-order valence-electron chi connectivity index (χ2n) is 4.20. The molecule has 1 saturated heterocycles. The summed E-state index contributed by atoms with van der Waals surface area (Å²) in [7, 11) is 0. The summed E-state index contributed by atoms with van der Waals surface area (Å²) in [5, 5.41) is 3.37. The number of hydrogen-bond donors (Lipinski definition) is 1. The average Bonchev–Trinajstić information content (AvgIpc) is 2.87. The van der Waals surface area contributed by atoms with Crippen LogP contribution in [0.25, 0.3) is 0 Å². The molecule has 2 aliphatic rings. The van der Waals surface area contributed by atoms with Gasteiger partial charge in [0.15, 0.2) is 0 Å². The van der Waals surface area contributed by atoms with E-state index in [1.807, 2.05) is 0 Å². The van der Waals surface area contributed by atoms with Gasteiger partial charge in [0.25, 0.3) is 0 Å². The van der Waals surface area contributed by atoms with Gasteiger partial charge in [-0.2, -0.15) is 0 Å². The fraction of sp³-hybridized carbons (Fsp3) is 0.900. The highest BCUT2D eigenvalue weighted by molar-refractivity contribution is 5.77. The summed E-state index contributed by atoms with van der Waals surface area (Å²) < 4.78 is 0. The monoisotopic (exact) mass is 182 g/mol. The topological polar surface area (TPSA) is 32.3 Å². The van der Waals surface area contributed by atoms with Crippen LogP contribution in [-0.2, 0) is 4.79 Å². The quantitative estimate of drug-likeness (QED) is 0.683. The summed E-state index contributed by atoms with van der Waals surface area (Å²) in [6.07, 6.45) is 4.10. The molecule has 1 aliphatic carbocycles. The third-order valence-electron chi connectivity index (χ3n) is 3.13. The lowest BCUT2D eigenvalue weighted by molar-refractivity contribution is -0.135. The van der Waals surface area contributed by atoms with E-state index in [0.717, 1.165) is 32.5 Å². The van der Waals surface area contributed by atoms with Crippen molar-refractivity contribution in [2.45, 2.75) is 38.1 Å². The molecule has 0 aromatic carbocycles. The van der Waals surface area contributed by atoms with Crippen molar-refractivity contribution in [3.63, 3.8) is 0 Å². The number of nitrogens with one attached hydrogen (secondary N) is 1. The molecule has 2 rings (SSSR count). The third-order valence-corrected chi connectivity index (χ3v) is 3.13. The first-order valence-electron chi connectivity index (χ1n) is 5.30. The first-order chi connectivity index (χ1) is 6.28. The smallest absolute Gasteiger partial charge is 0.223 e. The van der Waals surface area contributed by atoms with Crippen LogP contribution in [0.1, 0.15) is 32.6 Å². The van der Waals surface area contributed by atoms with E-state index in [0.29, 0.717) is 5.91 Å². The Morgan fingerprint density at radius 1 is 1.54 bits per heavy atom.